The molecule has 0 unspecified atom stereocenters. The van der Waals surface area contributed by atoms with Gasteiger partial charge in [-0.3, -0.25) is 5.43 Å². The summed E-state index contributed by atoms with van der Waals surface area (Å²) in [7, 11) is 0. The maximum atomic E-state index is 10.1. The van der Waals surface area contributed by atoms with Gasteiger partial charge in [0.25, 0.3) is 0 Å². The molecule has 0 aromatic carbocycles. The molecule has 0 rings (SSSR count). The zero-order valence-corrected chi connectivity index (χ0v) is 6.17. The third kappa shape index (κ3) is 7.81. The first-order chi connectivity index (χ1) is 3.81. The number of halogens is 2. The lowest BCUT2D eigenvalue weighted by Gasteiger charge is -1.97. The van der Waals surface area contributed by atoms with Gasteiger partial charge in [-0.25, -0.2) is 10.6 Å². The van der Waals surface area contributed by atoms with Crippen molar-refractivity contribution in [3.8, 4) is 0 Å². The van der Waals surface area contributed by atoms with Crippen LogP contribution in [0.2, 0.25) is 0 Å². The Labute approximate surface area is 64.1 Å². The Morgan fingerprint density at radius 2 is 2.33 bits per heavy atom. The van der Waals surface area contributed by atoms with Gasteiger partial charge in [-0.2, -0.15) is 0 Å². The molecule has 0 saturated carbocycles. The highest BCUT2D eigenvalue weighted by Crippen LogP contribution is 1.77. The number of amides is 1. The molecule has 0 radical (unpaired) electrons. The molecule has 0 aliphatic heterocycles. The zero-order chi connectivity index (χ0) is 6.41. The maximum absolute atomic E-state index is 10.1. The second kappa shape index (κ2) is 7.81. The Hall–Kier alpha value is -0.190. The third-order valence-corrected chi connectivity index (χ3v) is 0.582. The Morgan fingerprint density at radius 3 is 2.67 bits per heavy atom. The van der Waals surface area contributed by atoms with E-state index in [2.05, 4.69) is 10.6 Å². The minimum atomic E-state index is -0.661. The molecule has 0 heterocycles. The van der Waals surface area contributed by atoms with Crippen LogP contribution in [0, 0.1) is 0 Å². The zero-order valence-electron chi connectivity index (χ0n) is 4.59. The van der Waals surface area contributed by atoms with Crippen LogP contribution in [0.15, 0.2) is 0 Å². The van der Waals surface area contributed by atoms with Gasteiger partial charge < -0.3 is 4.74 Å². The molecule has 9 heavy (non-hydrogen) atoms. The molecule has 0 aliphatic carbocycles. The minimum Gasteiger partial charge on any atom is -0.447 e. The molecule has 1 amide bonds. The van der Waals surface area contributed by atoms with Crippen LogP contribution in [0.25, 0.3) is 0 Å². The molecule has 4 nitrogen and oxygen atoms in total. The number of nitrogens with one attached hydrogen (secondary N) is 1. The van der Waals surface area contributed by atoms with Crippen molar-refractivity contribution in [3.05, 3.63) is 0 Å². The normalized spacial score (nSPS) is 7.33. The number of nitrogens with two attached hydrogens (primary N) is 1. The van der Waals surface area contributed by atoms with E-state index >= 15 is 0 Å². The number of carbonyl (C=O) groups excluding carboxylic acids is 1. The fourth-order valence-electron chi connectivity index (χ4n) is 0.173. The second-order valence-electron chi connectivity index (χ2n) is 0.969. The summed E-state index contributed by atoms with van der Waals surface area (Å²) in [5.74, 6) is 4.93. The highest BCUT2D eigenvalue weighted by atomic mass is 35.5. The highest BCUT2D eigenvalue weighted by molar-refractivity contribution is 6.18. The van der Waals surface area contributed by atoms with Crippen molar-refractivity contribution in [1.29, 1.82) is 0 Å². The Bertz CT molecular complexity index is 80.2. The Kier molecular flexibility index (Phi) is 10.1. The minimum absolute atomic E-state index is 0. The van der Waals surface area contributed by atoms with Crippen LogP contribution < -0.4 is 11.3 Å². The van der Waals surface area contributed by atoms with Crippen LogP contribution in [0.1, 0.15) is 0 Å². The van der Waals surface area contributed by atoms with Crippen molar-refractivity contribution in [2.45, 2.75) is 0 Å². The molecule has 0 bridgehead atoms. The predicted octanol–water partition coefficient (Wildman–Crippen LogP) is 0.247. The summed E-state index contributed by atoms with van der Waals surface area (Å²) in [6.45, 7) is 0.185. The molecule has 0 aromatic rings. The molecular weight excluding hydrogens is 167 g/mol. The number of rotatable bonds is 2. The van der Waals surface area contributed by atoms with E-state index in [9.17, 15) is 4.79 Å². The monoisotopic (exact) mass is 174 g/mol. The first-order valence-electron chi connectivity index (χ1n) is 2.00. The predicted molar refractivity (Wildman–Crippen MR) is 36.6 cm³/mol. The van der Waals surface area contributed by atoms with Gasteiger partial charge in [-0.05, 0) is 0 Å². The van der Waals surface area contributed by atoms with E-state index in [0.717, 1.165) is 0 Å². The van der Waals surface area contributed by atoms with Gasteiger partial charge >= 0.3 is 6.09 Å². The molecule has 0 aliphatic rings. The van der Waals surface area contributed by atoms with E-state index in [0.29, 0.717) is 0 Å². The topological polar surface area (TPSA) is 64.3 Å². The van der Waals surface area contributed by atoms with Gasteiger partial charge in [-0.15, -0.1) is 24.0 Å². The quantitative estimate of drug-likeness (QED) is 0.273. The summed E-state index contributed by atoms with van der Waals surface area (Å²) in [5.41, 5.74) is 1.78. The molecule has 0 aromatic heterocycles. The van der Waals surface area contributed by atoms with E-state index in [1.54, 1.807) is 5.43 Å². The number of ether oxygens (including phenoxy) is 1. The van der Waals surface area contributed by atoms with Crippen LogP contribution >= 0.6 is 24.0 Å². The summed E-state index contributed by atoms with van der Waals surface area (Å²) in [4.78, 5) is 10.1. The van der Waals surface area contributed by atoms with Crippen molar-refractivity contribution in [2.24, 2.45) is 5.84 Å². The molecule has 56 valence electrons. The van der Waals surface area contributed by atoms with Crippen LogP contribution in [0.3, 0.4) is 0 Å². The first-order valence-corrected chi connectivity index (χ1v) is 2.54. The van der Waals surface area contributed by atoms with Gasteiger partial charge in [0, 0.05) is 0 Å². The van der Waals surface area contributed by atoms with Crippen molar-refractivity contribution in [3.63, 3.8) is 0 Å². The molecule has 6 heteroatoms. The van der Waals surface area contributed by atoms with E-state index < -0.39 is 6.09 Å². The molecule has 3 N–H and O–H groups in total. The van der Waals surface area contributed by atoms with Crippen LogP contribution in [0.5, 0.6) is 0 Å². The van der Waals surface area contributed by atoms with Gasteiger partial charge in [0.1, 0.15) is 6.61 Å². The fraction of sp³-hybridized carbons (Fsp3) is 0.667. The van der Waals surface area contributed by atoms with Gasteiger partial charge in [0.05, 0.1) is 5.88 Å². The number of hydrogen-bond donors (Lipinski definition) is 2. The summed E-state index contributed by atoms with van der Waals surface area (Å²) in [5, 5.41) is 0. The lowest BCUT2D eigenvalue weighted by Crippen LogP contribution is -2.31. The lowest BCUT2D eigenvalue weighted by atomic mass is 10.9. The van der Waals surface area contributed by atoms with E-state index in [-0.39, 0.29) is 24.9 Å². The van der Waals surface area contributed by atoms with Crippen molar-refractivity contribution >= 4 is 30.1 Å². The Balaban J connectivity index is 0. The van der Waals surface area contributed by atoms with E-state index in [1.165, 1.54) is 0 Å². The van der Waals surface area contributed by atoms with Gasteiger partial charge in [0.2, 0.25) is 0 Å². The fourth-order valence-corrected chi connectivity index (χ4v) is 0.250. The number of hydrogen-bond acceptors (Lipinski definition) is 3. The van der Waals surface area contributed by atoms with Crippen LogP contribution in [-0.4, -0.2) is 18.6 Å². The van der Waals surface area contributed by atoms with Gasteiger partial charge in [0.15, 0.2) is 0 Å². The molecule has 0 atom stereocenters. The van der Waals surface area contributed by atoms with Crippen molar-refractivity contribution < 1.29 is 9.53 Å². The molecule has 0 saturated heterocycles. The largest absolute Gasteiger partial charge is 0.447 e. The standard InChI is InChI=1S/C3H7ClN2O2.ClH/c4-1-2-8-3(7)6-5;/h1-2,5H2,(H,6,7);1H. The SMILES string of the molecule is Cl.NNC(=O)OCCCl. The highest BCUT2D eigenvalue weighted by Gasteiger charge is 1.93. The lowest BCUT2D eigenvalue weighted by molar-refractivity contribution is 0.153. The average molecular weight is 175 g/mol. The maximum Gasteiger partial charge on any atom is 0.421 e. The molecular formula is C3H8Cl2N2O2. The van der Waals surface area contributed by atoms with Crippen molar-refractivity contribution in [1.82, 2.24) is 5.43 Å². The average Bonchev–Trinajstić information content (AvgIpc) is 1.83. The summed E-state index contributed by atoms with van der Waals surface area (Å²) in [6.07, 6.45) is -0.661. The number of carbonyl (C=O) groups is 1. The third-order valence-electron chi connectivity index (χ3n) is 0.428. The van der Waals surface area contributed by atoms with Crippen LogP contribution in [0.4, 0.5) is 4.79 Å². The summed E-state index contributed by atoms with van der Waals surface area (Å²) < 4.78 is 4.33. The van der Waals surface area contributed by atoms with Gasteiger partial charge in [-0.1, -0.05) is 0 Å². The van der Waals surface area contributed by atoms with E-state index in [1.807, 2.05) is 0 Å². The first kappa shape index (κ1) is 11.6. The smallest absolute Gasteiger partial charge is 0.421 e. The number of alkyl halides is 1. The molecule has 0 fully saturated rings. The van der Waals surface area contributed by atoms with Crippen molar-refractivity contribution in [2.75, 3.05) is 12.5 Å². The molecule has 0 spiro atoms. The van der Waals surface area contributed by atoms with E-state index in [4.69, 9.17) is 11.6 Å². The Morgan fingerprint density at radius 1 is 1.78 bits per heavy atom. The number of hydrazine groups is 1. The summed E-state index contributed by atoms with van der Waals surface area (Å²) in [6, 6.07) is 0. The van der Waals surface area contributed by atoms with Crippen LogP contribution in [-0.2, 0) is 4.74 Å². The summed E-state index contributed by atoms with van der Waals surface area (Å²) >= 11 is 5.16. The second-order valence-corrected chi connectivity index (χ2v) is 1.35.